The van der Waals surface area contributed by atoms with Gasteiger partial charge in [-0.25, -0.2) is 4.39 Å². The molecular formula is C8H16FN. The van der Waals surface area contributed by atoms with Crippen LogP contribution in [-0.2, 0) is 0 Å². The summed E-state index contributed by atoms with van der Waals surface area (Å²) in [7, 11) is 0. The first-order valence-corrected chi connectivity index (χ1v) is 4.00. The molecule has 0 aromatic carbocycles. The van der Waals surface area contributed by atoms with Gasteiger partial charge in [-0.05, 0) is 33.2 Å². The van der Waals surface area contributed by atoms with E-state index in [-0.39, 0.29) is 5.92 Å². The molecule has 0 aliphatic carbocycles. The third-order valence-electron chi connectivity index (χ3n) is 2.27. The Kier molecular flexibility index (Phi) is 2.29. The lowest BCUT2D eigenvalue weighted by molar-refractivity contribution is 0.103. The average Bonchev–Trinajstić information content (AvgIpc) is 1.88. The first-order valence-electron chi connectivity index (χ1n) is 4.00. The Balaban J connectivity index is 2.39. The molecular weight excluding hydrogens is 129 g/mol. The monoisotopic (exact) mass is 145 g/mol. The van der Waals surface area contributed by atoms with Gasteiger partial charge in [0.05, 0.1) is 0 Å². The number of halogens is 1. The predicted molar refractivity (Wildman–Crippen MR) is 40.8 cm³/mol. The van der Waals surface area contributed by atoms with Gasteiger partial charge in [0.1, 0.15) is 5.67 Å². The van der Waals surface area contributed by atoms with Crippen LogP contribution in [0.2, 0.25) is 0 Å². The SMILES string of the molecule is CC(C)(F)C1CCCNC1. The van der Waals surface area contributed by atoms with Gasteiger partial charge in [-0.1, -0.05) is 0 Å². The molecule has 0 radical (unpaired) electrons. The zero-order chi connectivity index (χ0) is 7.61. The number of nitrogens with one attached hydrogen (secondary N) is 1. The lowest BCUT2D eigenvalue weighted by Crippen LogP contribution is -2.39. The van der Waals surface area contributed by atoms with Gasteiger partial charge in [0.15, 0.2) is 0 Å². The summed E-state index contributed by atoms with van der Waals surface area (Å²) in [4.78, 5) is 0. The van der Waals surface area contributed by atoms with Crippen LogP contribution in [-0.4, -0.2) is 18.8 Å². The summed E-state index contributed by atoms with van der Waals surface area (Å²) in [6.07, 6.45) is 2.16. The number of hydrogen-bond acceptors (Lipinski definition) is 1. The smallest absolute Gasteiger partial charge is 0.109 e. The van der Waals surface area contributed by atoms with Crippen LogP contribution in [0.15, 0.2) is 0 Å². The minimum Gasteiger partial charge on any atom is -0.316 e. The van der Waals surface area contributed by atoms with Crippen LogP contribution >= 0.6 is 0 Å². The van der Waals surface area contributed by atoms with E-state index in [0.29, 0.717) is 0 Å². The fourth-order valence-electron chi connectivity index (χ4n) is 1.44. The van der Waals surface area contributed by atoms with Crippen molar-refractivity contribution in [3.05, 3.63) is 0 Å². The van der Waals surface area contributed by atoms with Crippen molar-refractivity contribution in [1.29, 1.82) is 0 Å². The summed E-state index contributed by atoms with van der Waals surface area (Å²) in [6.45, 7) is 5.26. The van der Waals surface area contributed by atoms with E-state index in [1.54, 1.807) is 13.8 Å². The highest BCUT2D eigenvalue weighted by molar-refractivity contribution is 4.82. The molecule has 2 heteroatoms. The Morgan fingerprint density at radius 3 is 2.50 bits per heavy atom. The fraction of sp³-hybridized carbons (Fsp3) is 1.00. The van der Waals surface area contributed by atoms with Crippen LogP contribution in [0.3, 0.4) is 0 Å². The molecule has 1 heterocycles. The molecule has 1 nitrogen and oxygen atoms in total. The highest BCUT2D eigenvalue weighted by Gasteiger charge is 2.29. The number of alkyl halides is 1. The zero-order valence-corrected chi connectivity index (χ0v) is 6.78. The second kappa shape index (κ2) is 2.87. The number of rotatable bonds is 1. The Bertz CT molecular complexity index is 100. The Labute approximate surface area is 62.0 Å². The first kappa shape index (κ1) is 7.99. The summed E-state index contributed by atoms with van der Waals surface area (Å²) in [5, 5.41) is 3.20. The molecule has 1 N–H and O–H groups in total. The van der Waals surface area contributed by atoms with E-state index in [1.807, 2.05) is 0 Å². The highest BCUT2D eigenvalue weighted by atomic mass is 19.1. The minimum absolute atomic E-state index is 0.223. The van der Waals surface area contributed by atoms with Crippen molar-refractivity contribution in [2.24, 2.45) is 5.92 Å². The quantitative estimate of drug-likeness (QED) is 0.592. The minimum atomic E-state index is -0.993. The summed E-state index contributed by atoms with van der Waals surface area (Å²) in [5.74, 6) is 0.223. The average molecular weight is 145 g/mol. The Hall–Kier alpha value is -0.110. The maximum Gasteiger partial charge on any atom is 0.109 e. The molecule has 60 valence electrons. The van der Waals surface area contributed by atoms with Crippen molar-refractivity contribution in [3.63, 3.8) is 0 Å². The van der Waals surface area contributed by atoms with Gasteiger partial charge < -0.3 is 5.32 Å². The van der Waals surface area contributed by atoms with Gasteiger partial charge in [0, 0.05) is 12.5 Å². The van der Waals surface area contributed by atoms with Gasteiger partial charge in [0.2, 0.25) is 0 Å². The van der Waals surface area contributed by atoms with Crippen LogP contribution in [0.5, 0.6) is 0 Å². The van der Waals surface area contributed by atoms with E-state index in [1.165, 1.54) is 0 Å². The molecule has 0 aromatic rings. The van der Waals surface area contributed by atoms with E-state index < -0.39 is 5.67 Å². The van der Waals surface area contributed by atoms with E-state index in [2.05, 4.69) is 5.32 Å². The maximum absolute atomic E-state index is 13.2. The van der Waals surface area contributed by atoms with Crippen LogP contribution in [0, 0.1) is 5.92 Å². The van der Waals surface area contributed by atoms with Gasteiger partial charge in [-0.2, -0.15) is 0 Å². The molecule has 1 saturated heterocycles. The summed E-state index contributed by atoms with van der Waals surface area (Å²) < 4.78 is 13.2. The second-order valence-electron chi connectivity index (χ2n) is 3.61. The van der Waals surface area contributed by atoms with E-state index in [4.69, 9.17) is 0 Å². The molecule has 1 unspecified atom stereocenters. The van der Waals surface area contributed by atoms with Crippen molar-refractivity contribution < 1.29 is 4.39 Å². The molecule has 1 aliphatic heterocycles. The van der Waals surface area contributed by atoms with Gasteiger partial charge in [0.25, 0.3) is 0 Å². The second-order valence-corrected chi connectivity index (χ2v) is 3.61. The zero-order valence-electron chi connectivity index (χ0n) is 6.78. The summed E-state index contributed by atoms with van der Waals surface area (Å²) in [6, 6.07) is 0. The Morgan fingerprint density at radius 2 is 2.20 bits per heavy atom. The summed E-state index contributed by atoms with van der Waals surface area (Å²) in [5.41, 5.74) is -0.993. The van der Waals surface area contributed by atoms with E-state index >= 15 is 0 Å². The molecule has 0 spiro atoms. The van der Waals surface area contributed by atoms with Crippen molar-refractivity contribution in [2.75, 3.05) is 13.1 Å². The lowest BCUT2D eigenvalue weighted by atomic mass is 9.86. The summed E-state index contributed by atoms with van der Waals surface area (Å²) >= 11 is 0. The molecule has 0 amide bonds. The van der Waals surface area contributed by atoms with Crippen molar-refractivity contribution >= 4 is 0 Å². The van der Waals surface area contributed by atoms with E-state index in [0.717, 1.165) is 25.9 Å². The van der Waals surface area contributed by atoms with Gasteiger partial charge >= 0.3 is 0 Å². The standard InChI is InChI=1S/C8H16FN/c1-8(2,9)7-4-3-5-10-6-7/h7,10H,3-6H2,1-2H3. The maximum atomic E-state index is 13.2. The van der Waals surface area contributed by atoms with Gasteiger partial charge in [-0.3, -0.25) is 0 Å². The van der Waals surface area contributed by atoms with Crippen molar-refractivity contribution in [1.82, 2.24) is 5.32 Å². The molecule has 1 fully saturated rings. The van der Waals surface area contributed by atoms with Crippen LogP contribution in [0.4, 0.5) is 4.39 Å². The van der Waals surface area contributed by atoms with Crippen LogP contribution in [0.1, 0.15) is 26.7 Å². The molecule has 1 rings (SSSR count). The third kappa shape index (κ3) is 1.94. The van der Waals surface area contributed by atoms with Crippen molar-refractivity contribution in [3.8, 4) is 0 Å². The van der Waals surface area contributed by atoms with Gasteiger partial charge in [-0.15, -0.1) is 0 Å². The van der Waals surface area contributed by atoms with E-state index in [9.17, 15) is 4.39 Å². The fourth-order valence-corrected chi connectivity index (χ4v) is 1.44. The molecule has 1 atom stereocenters. The van der Waals surface area contributed by atoms with Crippen LogP contribution in [0.25, 0.3) is 0 Å². The number of piperidine rings is 1. The molecule has 0 saturated carbocycles. The number of hydrogen-bond donors (Lipinski definition) is 1. The normalized spacial score (nSPS) is 28.5. The molecule has 0 aromatic heterocycles. The molecule has 1 aliphatic rings. The largest absolute Gasteiger partial charge is 0.316 e. The topological polar surface area (TPSA) is 12.0 Å². The predicted octanol–water partition coefficient (Wildman–Crippen LogP) is 1.73. The third-order valence-corrected chi connectivity index (χ3v) is 2.27. The van der Waals surface area contributed by atoms with Crippen LogP contribution < -0.4 is 5.32 Å². The molecule has 0 bridgehead atoms. The molecule has 10 heavy (non-hydrogen) atoms. The van der Waals surface area contributed by atoms with Crippen molar-refractivity contribution in [2.45, 2.75) is 32.4 Å². The highest BCUT2D eigenvalue weighted by Crippen LogP contribution is 2.26. The first-order chi connectivity index (χ1) is 4.61. The lowest BCUT2D eigenvalue weighted by Gasteiger charge is -2.30. The Morgan fingerprint density at radius 1 is 1.50 bits per heavy atom.